The summed E-state index contributed by atoms with van der Waals surface area (Å²) < 4.78 is 8.26. The van der Waals surface area contributed by atoms with E-state index in [0.717, 1.165) is 5.75 Å². The normalized spacial score (nSPS) is 13.1. The minimum atomic E-state index is -1.70. The van der Waals surface area contributed by atoms with E-state index in [9.17, 15) is 0 Å². The molecule has 0 aliphatic rings. The van der Waals surface area contributed by atoms with Gasteiger partial charge in [-0.15, -0.1) is 0 Å². The predicted octanol–water partition coefficient (Wildman–Crippen LogP) is 4.21. The van der Waals surface area contributed by atoms with Gasteiger partial charge >= 0.3 is 116 Å². The molecule has 1 nitrogen and oxygen atoms in total. The Morgan fingerprint density at radius 2 is 1.65 bits per heavy atom. The Hall–Kier alpha value is -0.426. The summed E-state index contributed by atoms with van der Waals surface area (Å²) in [6.07, 6.45) is 2.09. The summed E-state index contributed by atoms with van der Waals surface area (Å²) in [6.45, 7) is 11.3. The Balaban J connectivity index is 2.83. The van der Waals surface area contributed by atoms with Gasteiger partial charge in [0.1, 0.15) is 0 Å². The SMILES string of the molecule is [Li]/[CH]=C/c1ccc(O[Si](C)(C)C(C)(C)C)cc1. The predicted molar refractivity (Wildman–Crippen MR) is 79.1 cm³/mol. The van der Waals surface area contributed by atoms with Crippen LogP contribution in [0.5, 0.6) is 5.75 Å². The van der Waals surface area contributed by atoms with Crippen molar-refractivity contribution in [2.45, 2.75) is 38.9 Å². The molecule has 0 N–H and O–H groups in total. The molecule has 0 fully saturated rings. The fraction of sp³-hybridized carbons (Fsp3) is 0.429. The first-order valence-electron chi connectivity index (χ1n) is 6.18. The van der Waals surface area contributed by atoms with E-state index in [1.165, 1.54) is 5.56 Å². The van der Waals surface area contributed by atoms with Crippen LogP contribution in [0.4, 0.5) is 0 Å². The minimum absolute atomic E-state index is 0.245. The molecule has 0 radical (unpaired) electrons. The van der Waals surface area contributed by atoms with E-state index in [-0.39, 0.29) is 5.04 Å². The second-order valence-corrected chi connectivity index (χ2v) is 10.7. The van der Waals surface area contributed by atoms with Crippen molar-refractivity contribution < 1.29 is 4.43 Å². The first-order valence-corrected chi connectivity index (χ1v) is 9.09. The van der Waals surface area contributed by atoms with E-state index >= 15 is 0 Å². The zero-order valence-corrected chi connectivity index (χ0v) is 12.9. The van der Waals surface area contributed by atoms with Gasteiger partial charge in [0, 0.05) is 0 Å². The van der Waals surface area contributed by atoms with Gasteiger partial charge in [-0.2, -0.15) is 0 Å². The quantitative estimate of drug-likeness (QED) is 0.719. The first kappa shape index (κ1) is 14.6. The monoisotopic (exact) mass is 240 g/mol. The number of hydrogen-bond acceptors (Lipinski definition) is 1. The van der Waals surface area contributed by atoms with E-state index in [1.807, 2.05) is 22.5 Å². The summed E-state index contributed by atoms with van der Waals surface area (Å²) in [5.41, 5.74) is 1.22. The molecule has 0 saturated carbocycles. The summed E-state index contributed by atoms with van der Waals surface area (Å²) in [5, 5.41) is 0.245. The molecule has 3 heteroatoms. The third-order valence-electron chi connectivity index (χ3n) is 3.42. The Labute approximate surface area is 116 Å². The van der Waals surface area contributed by atoms with Crippen LogP contribution in [0.1, 0.15) is 26.3 Å². The molecule has 0 aliphatic heterocycles. The summed E-state index contributed by atoms with van der Waals surface area (Å²) in [5.74, 6) is 0.991. The van der Waals surface area contributed by atoms with Crippen molar-refractivity contribution in [3.05, 3.63) is 34.6 Å². The van der Waals surface area contributed by atoms with Crippen LogP contribution in [0.25, 0.3) is 6.08 Å². The molecule has 0 aromatic heterocycles. The van der Waals surface area contributed by atoms with Gasteiger partial charge in [-0.05, 0) is 0 Å². The number of hydrogen-bond donors (Lipinski definition) is 0. The summed E-state index contributed by atoms with van der Waals surface area (Å²) in [4.78, 5) is 0. The van der Waals surface area contributed by atoms with Gasteiger partial charge in [0.25, 0.3) is 0 Å². The molecule has 1 aromatic carbocycles. The fourth-order valence-corrected chi connectivity index (χ4v) is 2.32. The molecule has 0 saturated heterocycles. The van der Waals surface area contributed by atoms with Crippen LogP contribution in [0.15, 0.2) is 29.0 Å². The molecule has 0 amide bonds. The standard InChI is InChI=1S/C14H21OSi.Li/c1-7-12-8-10-13(11-9-12)15-16(5,6)14(2,3)4;/h1,7-11H,2-6H3;. The Bertz CT molecular complexity index is 388. The Morgan fingerprint density at radius 1 is 1.12 bits per heavy atom. The Kier molecular flexibility index (Phi) is 4.72. The maximum atomic E-state index is 6.21. The molecule has 0 atom stereocenters. The second-order valence-electron chi connectivity index (χ2n) is 5.93. The second kappa shape index (κ2) is 5.48. The first-order chi connectivity index (χ1) is 7.76. The zero-order valence-electron chi connectivity index (χ0n) is 11.9. The Morgan fingerprint density at radius 3 is 2.06 bits per heavy atom. The molecular formula is C14H21LiOSi. The van der Waals surface area contributed by atoms with Gasteiger partial charge in [0.15, 0.2) is 0 Å². The van der Waals surface area contributed by atoms with Crippen molar-refractivity contribution in [3.63, 3.8) is 0 Å². The molecule has 17 heavy (non-hydrogen) atoms. The average molecular weight is 240 g/mol. The van der Waals surface area contributed by atoms with Crippen LogP contribution in [0.2, 0.25) is 18.1 Å². The van der Waals surface area contributed by atoms with Gasteiger partial charge in [-0.3, -0.25) is 0 Å². The van der Waals surface area contributed by atoms with Crippen molar-refractivity contribution in [1.82, 2.24) is 0 Å². The number of rotatable bonds is 3. The van der Waals surface area contributed by atoms with E-state index in [2.05, 4.69) is 64.2 Å². The van der Waals surface area contributed by atoms with Crippen LogP contribution in [-0.4, -0.2) is 26.0 Å². The molecule has 0 heterocycles. The van der Waals surface area contributed by atoms with Crippen LogP contribution < -0.4 is 4.43 Å². The molecule has 1 rings (SSSR count). The average Bonchev–Trinajstić information content (AvgIpc) is 2.19. The molecule has 0 bridgehead atoms. The third kappa shape index (κ3) is 4.06. The van der Waals surface area contributed by atoms with Crippen molar-refractivity contribution in [2.24, 2.45) is 0 Å². The maximum absolute atomic E-state index is 6.21. The molecule has 0 aliphatic carbocycles. The molecule has 88 valence electrons. The van der Waals surface area contributed by atoms with Crippen molar-refractivity contribution in [2.75, 3.05) is 0 Å². The zero-order chi connectivity index (χ0) is 13.1. The topological polar surface area (TPSA) is 9.23 Å². The third-order valence-corrected chi connectivity index (χ3v) is 7.78. The van der Waals surface area contributed by atoms with Crippen LogP contribution >= 0.6 is 0 Å². The van der Waals surface area contributed by atoms with E-state index in [0.29, 0.717) is 0 Å². The van der Waals surface area contributed by atoms with Gasteiger partial charge in [-0.25, -0.2) is 0 Å². The fourth-order valence-electron chi connectivity index (χ4n) is 1.29. The van der Waals surface area contributed by atoms with Crippen molar-refractivity contribution in [1.29, 1.82) is 0 Å². The summed E-state index contributed by atoms with van der Waals surface area (Å²) in [7, 11) is -1.70. The van der Waals surface area contributed by atoms with Crippen molar-refractivity contribution >= 4 is 32.1 Å². The number of benzene rings is 1. The van der Waals surface area contributed by atoms with E-state index < -0.39 is 8.32 Å². The van der Waals surface area contributed by atoms with Crippen molar-refractivity contribution in [3.8, 4) is 5.75 Å². The molecular weight excluding hydrogens is 219 g/mol. The summed E-state index contributed by atoms with van der Waals surface area (Å²) >= 11 is 2.03. The van der Waals surface area contributed by atoms with Gasteiger partial charge in [0.2, 0.25) is 0 Å². The molecule has 0 spiro atoms. The van der Waals surface area contributed by atoms with Crippen LogP contribution in [0.3, 0.4) is 0 Å². The van der Waals surface area contributed by atoms with E-state index in [1.54, 1.807) is 0 Å². The molecule has 1 aromatic rings. The summed E-state index contributed by atoms with van der Waals surface area (Å²) in [6, 6.07) is 8.33. The van der Waals surface area contributed by atoms with Gasteiger partial charge < -0.3 is 0 Å². The van der Waals surface area contributed by atoms with E-state index in [4.69, 9.17) is 4.43 Å². The van der Waals surface area contributed by atoms with Gasteiger partial charge in [-0.1, -0.05) is 0 Å². The van der Waals surface area contributed by atoms with Crippen LogP contribution in [0, 0.1) is 0 Å². The molecule has 0 unspecified atom stereocenters. The van der Waals surface area contributed by atoms with Gasteiger partial charge in [0.05, 0.1) is 0 Å². The van der Waals surface area contributed by atoms with Crippen LogP contribution in [-0.2, 0) is 0 Å².